The molecule has 0 saturated carbocycles. The van der Waals surface area contributed by atoms with E-state index >= 15 is 0 Å². The highest BCUT2D eigenvalue weighted by atomic mass is 79.9. The van der Waals surface area contributed by atoms with Gasteiger partial charge in [0.25, 0.3) is 0 Å². The summed E-state index contributed by atoms with van der Waals surface area (Å²) in [5, 5.41) is 31.0. The van der Waals surface area contributed by atoms with Crippen molar-refractivity contribution in [3.63, 3.8) is 0 Å². The number of carboxylic acids is 1. The molecule has 1 heterocycles. The number of carbonyl (C=O) groups is 2. The van der Waals surface area contributed by atoms with Crippen LogP contribution in [0.15, 0.2) is 39.3 Å². The highest BCUT2D eigenvalue weighted by Crippen LogP contribution is 2.53. The van der Waals surface area contributed by atoms with Gasteiger partial charge >= 0.3 is 11.9 Å². The third-order valence-electron chi connectivity index (χ3n) is 6.47. The summed E-state index contributed by atoms with van der Waals surface area (Å²) in [6, 6.07) is 7.23. The van der Waals surface area contributed by atoms with Crippen molar-refractivity contribution in [1.82, 2.24) is 0 Å². The van der Waals surface area contributed by atoms with Gasteiger partial charge in [0, 0.05) is 16.7 Å². The predicted octanol–water partition coefficient (Wildman–Crippen LogP) is 6.02. The van der Waals surface area contributed by atoms with Crippen molar-refractivity contribution in [2.75, 3.05) is 0 Å². The van der Waals surface area contributed by atoms with Gasteiger partial charge in [-0.05, 0) is 112 Å². The van der Waals surface area contributed by atoms with E-state index < -0.39 is 17.5 Å². The Morgan fingerprint density at radius 3 is 1.76 bits per heavy atom. The normalized spacial score (nSPS) is 14.2. The summed E-state index contributed by atoms with van der Waals surface area (Å²) < 4.78 is 7.12. The standard InChI is InChI=1S/C25H20Br2O6/c1-10-12(3)21(26)19(28)8-16(10)25(17-9-20(29)22(27)13(4)11(17)2)18-7-14(23(30)31)5-6-15(18)24(32)33-25/h5-9,28-29H,1-4H3,(H,30,31). The van der Waals surface area contributed by atoms with Gasteiger partial charge in [-0.1, -0.05) is 0 Å². The summed E-state index contributed by atoms with van der Waals surface area (Å²) in [5.74, 6) is -1.88. The van der Waals surface area contributed by atoms with Crippen molar-refractivity contribution in [2.24, 2.45) is 0 Å². The van der Waals surface area contributed by atoms with Crippen LogP contribution in [0.25, 0.3) is 0 Å². The van der Waals surface area contributed by atoms with E-state index in [1.54, 1.807) is 0 Å². The van der Waals surface area contributed by atoms with Crippen LogP contribution in [0.4, 0.5) is 0 Å². The number of rotatable bonds is 3. The average Bonchev–Trinajstić information content (AvgIpc) is 3.08. The van der Waals surface area contributed by atoms with Crippen LogP contribution >= 0.6 is 31.9 Å². The molecule has 0 atom stereocenters. The monoisotopic (exact) mass is 574 g/mol. The molecular formula is C25H20Br2O6. The van der Waals surface area contributed by atoms with Crippen LogP contribution < -0.4 is 0 Å². The summed E-state index contributed by atoms with van der Waals surface area (Å²) in [4.78, 5) is 24.9. The number of fused-ring (bicyclic) bond motifs is 1. The van der Waals surface area contributed by atoms with Crippen LogP contribution in [0.2, 0.25) is 0 Å². The van der Waals surface area contributed by atoms with E-state index in [2.05, 4.69) is 31.9 Å². The lowest BCUT2D eigenvalue weighted by atomic mass is 9.75. The van der Waals surface area contributed by atoms with E-state index in [4.69, 9.17) is 4.74 Å². The quantitative estimate of drug-likeness (QED) is 0.330. The molecule has 0 aromatic heterocycles. The fraction of sp³-hybridized carbons (Fsp3) is 0.200. The highest BCUT2D eigenvalue weighted by molar-refractivity contribution is 9.11. The number of phenols is 2. The van der Waals surface area contributed by atoms with Crippen LogP contribution in [-0.2, 0) is 10.3 Å². The summed E-state index contributed by atoms with van der Waals surface area (Å²) in [6.07, 6.45) is 0. The first-order valence-electron chi connectivity index (χ1n) is 10.0. The number of benzene rings is 3. The van der Waals surface area contributed by atoms with Crippen molar-refractivity contribution < 1.29 is 29.6 Å². The first-order valence-corrected chi connectivity index (χ1v) is 11.6. The van der Waals surface area contributed by atoms with Crippen LogP contribution in [0.5, 0.6) is 11.5 Å². The van der Waals surface area contributed by atoms with E-state index in [0.29, 0.717) is 25.6 Å². The molecule has 0 aliphatic carbocycles. The van der Waals surface area contributed by atoms with Crippen LogP contribution in [0.3, 0.4) is 0 Å². The molecule has 0 bridgehead atoms. The summed E-state index contributed by atoms with van der Waals surface area (Å²) in [6.45, 7) is 7.31. The Morgan fingerprint density at radius 1 is 0.818 bits per heavy atom. The van der Waals surface area contributed by atoms with Gasteiger partial charge in [0.1, 0.15) is 11.5 Å². The number of ether oxygens (including phenoxy) is 1. The molecule has 3 N–H and O–H groups in total. The number of aromatic hydroxyl groups is 2. The Bertz CT molecular complexity index is 1310. The van der Waals surface area contributed by atoms with Crippen molar-refractivity contribution in [3.8, 4) is 11.5 Å². The van der Waals surface area contributed by atoms with E-state index in [9.17, 15) is 24.9 Å². The van der Waals surface area contributed by atoms with Gasteiger partial charge in [-0.15, -0.1) is 0 Å². The molecule has 33 heavy (non-hydrogen) atoms. The fourth-order valence-electron chi connectivity index (χ4n) is 4.41. The number of halogens is 2. The number of hydrogen-bond acceptors (Lipinski definition) is 5. The minimum Gasteiger partial charge on any atom is -0.507 e. The van der Waals surface area contributed by atoms with E-state index in [1.165, 1.54) is 30.3 Å². The molecule has 4 rings (SSSR count). The zero-order valence-electron chi connectivity index (χ0n) is 18.2. The maximum atomic E-state index is 13.1. The smallest absolute Gasteiger partial charge is 0.340 e. The van der Waals surface area contributed by atoms with Gasteiger partial charge < -0.3 is 20.1 Å². The molecule has 0 saturated heterocycles. The largest absolute Gasteiger partial charge is 0.507 e. The Morgan fingerprint density at radius 2 is 1.30 bits per heavy atom. The lowest BCUT2D eigenvalue weighted by Crippen LogP contribution is -2.32. The second kappa shape index (κ2) is 7.88. The predicted molar refractivity (Wildman–Crippen MR) is 129 cm³/mol. The van der Waals surface area contributed by atoms with Crippen molar-refractivity contribution in [3.05, 3.63) is 89.3 Å². The van der Waals surface area contributed by atoms with Gasteiger partial charge in [0.2, 0.25) is 0 Å². The third-order valence-corrected chi connectivity index (χ3v) is 8.48. The highest BCUT2D eigenvalue weighted by Gasteiger charge is 2.51. The van der Waals surface area contributed by atoms with Gasteiger partial charge in [-0.2, -0.15) is 0 Å². The SMILES string of the molecule is Cc1c(C2(c3cc(O)c(Br)c(C)c3C)OC(=O)c3ccc(C(=O)O)cc32)cc(O)c(Br)c1C. The van der Waals surface area contributed by atoms with Crippen molar-refractivity contribution in [1.29, 1.82) is 0 Å². The van der Waals surface area contributed by atoms with Gasteiger partial charge in [0.05, 0.1) is 20.1 Å². The number of aromatic carboxylic acids is 1. The average molecular weight is 576 g/mol. The zero-order chi connectivity index (χ0) is 24.4. The summed E-state index contributed by atoms with van der Waals surface area (Å²) in [5.41, 5.74) is 2.85. The number of carbonyl (C=O) groups excluding carboxylic acids is 1. The minimum atomic E-state index is -1.59. The Hall–Kier alpha value is -2.84. The van der Waals surface area contributed by atoms with Crippen molar-refractivity contribution in [2.45, 2.75) is 33.3 Å². The molecule has 3 aromatic rings. The third kappa shape index (κ3) is 3.27. The fourth-order valence-corrected chi connectivity index (χ4v) is 5.23. The van der Waals surface area contributed by atoms with Gasteiger partial charge in [-0.3, -0.25) is 0 Å². The lowest BCUT2D eigenvalue weighted by molar-refractivity contribution is 0.0246. The van der Waals surface area contributed by atoms with E-state index in [-0.39, 0.29) is 22.6 Å². The van der Waals surface area contributed by atoms with E-state index in [1.807, 2.05) is 27.7 Å². The van der Waals surface area contributed by atoms with Crippen molar-refractivity contribution >= 4 is 43.8 Å². The molecule has 0 amide bonds. The van der Waals surface area contributed by atoms with Gasteiger partial charge in [-0.25, -0.2) is 9.59 Å². The molecule has 0 spiro atoms. The Labute approximate surface area is 207 Å². The van der Waals surface area contributed by atoms with E-state index in [0.717, 1.165) is 22.3 Å². The second-order valence-electron chi connectivity index (χ2n) is 8.15. The molecule has 0 radical (unpaired) electrons. The number of phenolic OH excluding ortho intramolecular Hbond substituents is 2. The first kappa shape index (κ1) is 23.3. The maximum absolute atomic E-state index is 13.1. The molecule has 6 nitrogen and oxygen atoms in total. The lowest BCUT2D eigenvalue weighted by Gasteiger charge is -2.34. The zero-order valence-corrected chi connectivity index (χ0v) is 21.4. The summed E-state index contributed by atoms with van der Waals surface area (Å²) >= 11 is 6.77. The summed E-state index contributed by atoms with van der Waals surface area (Å²) in [7, 11) is 0. The molecule has 1 aliphatic heterocycles. The molecule has 3 aromatic carbocycles. The first-order chi connectivity index (χ1) is 15.4. The molecule has 0 fully saturated rings. The molecule has 8 heteroatoms. The molecular weight excluding hydrogens is 556 g/mol. The van der Waals surface area contributed by atoms with Crippen LogP contribution in [-0.4, -0.2) is 27.3 Å². The van der Waals surface area contributed by atoms with Crippen LogP contribution in [0.1, 0.15) is 59.7 Å². The number of esters is 1. The number of carboxylic acid groups (broad SMARTS) is 1. The topological polar surface area (TPSA) is 104 Å². The number of hydrogen-bond donors (Lipinski definition) is 3. The minimum absolute atomic E-state index is 0.0113. The second-order valence-corrected chi connectivity index (χ2v) is 9.74. The molecule has 1 aliphatic rings. The Balaban J connectivity index is 2.24. The van der Waals surface area contributed by atoms with Gasteiger partial charge in [0.15, 0.2) is 5.60 Å². The molecule has 170 valence electrons. The Kier molecular flexibility index (Phi) is 5.57. The van der Waals surface area contributed by atoms with Crippen LogP contribution in [0, 0.1) is 27.7 Å². The maximum Gasteiger partial charge on any atom is 0.340 e. The number of cyclic esters (lactones) is 1. The molecule has 0 unspecified atom stereocenters.